The molecule has 5 heteroatoms. The number of para-hydroxylation sites is 1. The number of carbonyl (C=O) groups is 1. The second-order valence-electron chi connectivity index (χ2n) is 6.29. The minimum absolute atomic E-state index is 0.0189. The predicted molar refractivity (Wildman–Crippen MR) is 98.2 cm³/mol. The predicted octanol–water partition coefficient (Wildman–Crippen LogP) is 4.43. The van der Waals surface area contributed by atoms with Crippen LogP contribution in [0.25, 0.3) is 0 Å². The molecule has 0 saturated carbocycles. The van der Waals surface area contributed by atoms with E-state index in [9.17, 15) is 4.79 Å². The number of hydrogen-bond donors (Lipinski definition) is 0. The molecule has 4 rings (SSSR count). The summed E-state index contributed by atoms with van der Waals surface area (Å²) in [5, 5.41) is -0.187. The van der Waals surface area contributed by atoms with Gasteiger partial charge in [0.05, 0.1) is 18.3 Å². The van der Waals surface area contributed by atoms with Gasteiger partial charge in [-0.2, -0.15) is 0 Å². The second-order valence-corrected chi connectivity index (χ2v) is 8.21. The number of benzene rings is 2. The third-order valence-electron chi connectivity index (χ3n) is 4.88. The molecule has 2 aromatic carbocycles. The maximum Gasteiger partial charge on any atom is 0.248 e. The van der Waals surface area contributed by atoms with Crippen molar-refractivity contribution in [2.24, 2.45) is 0 Å². The smallest absolute Gasteiger partial charge is 0.248 e. The first-order valence-electron chi connectivity index (χ1n) is 7.96. The van der Waals surface area contributed by atoms with Gasteiger partial charge >= 0.3 is 0 Å². The molecule has 0 radical (unpaired) electrons. The molecular weight excluding hydrogens is 342 g/mol. The zero-order valence-corrected chi connectivity index (χ0v) is 15.1. The van der Waals surface area contributed by atoms with Crippen molar-refractivity contribution in [3.8, 4) is 5.75 Å². The fourth-order valence-corrected chi connectivity index (χ4v) is 5.42. The molecule has 0 spiro atoms. The average Bonchev–Trinajstić information content (AvgIpc) is 2.73. The lowest BCUT2D eigenvalue weighted by molar-refractivity contribution is -0.127. The Morgan fingerprint density at radius 2 is 1.92 bits per heavy atom. The monoisotopic (exact) mass is 359 g/mol. The Kier molecular flexibility index (Phi) is 3.77. The highest BCUT2D eigenvalue weighted by Crippen LogP contribution is 2.56. The number of amides is 1. The normalized spacial score (nSPS) is 28.5. The first kappa shape index (κ1) is 15.9. The van der Waals surface area contributed by atoms with Crippen molar-refractivity contribution < 1.29 is 9.53 Å². The SMILES string of the molecule is COc1ccc(C23CC(C)Sc4ccccc4N2C(=O)C3Cl)cc1. The maximum absolute atomic E-state index is 12.7. The molecule has 2 aliphatic rings. The number of methoxy groups -OCH3 is 1. The molecule has 1 amide bonds. The molecule has 2 heterocycles. The molecule has 24 heavy (non-hydrogen) atoms. The Morgan fingerprint density at radius 1 is 1.21 bits per heavy atom. The van der Waals surface area contributed by atoms with Crippen LogP contribution in [-0.2, 0) is 10.3 Å². The van der Waals surface area contributed by atoms with Crippen molar-refractivity contribution in [1.29, 1.82) is 0 Å². The summed E-state index contributed by atoms with van der Waals surface area (Å²) in [6.07, 6.45) is 0.818. The zero-order valence-electron chi connectivity index (χ0n) is 13.5. The van der Waals surface area contributed by atoms with Gasteiger partial charge in [-0.3, -0.25) is 9.69 Å². The van der Waals surface area contributed by atoms with Gasteiger partial charge in [0.2, 0.25) is 5.91 Å². The van der Waals surface area contributed by atoms with Crippen LogP contribution in [0, 0.1) is 0 Å². The maximum atomic E-state index is 12.7. The summed E-state index contributed by atoms with van der Waals surface area (Å²) in [4.78, 5) is 15.7. The largest absolute Gasteiger partial charge is 0.497 e. The van der Waals surface area contributed by atoms with Crippen LogP contribution in [0.4, 0.5) is 5.69 Å². The van der Waals surface area contributed by atoms with Crippen LogP contribution in [0.1, 0.15) is 18.9 Å². The fourth-order valence-electron chi connectivity index (χ4n) is 3.80. The van der Waals surface area contributed by atoms with Crippen molar-refractivity contribution in [3.05, 3.63) is 54.1 Å². The lowest BCUT2D eigenvalue weighted by atomic mass is 9.73. The number of nitrogens with zero attached hydrogens (tertiary/aromatic N) is 1. The number of β-lactam (4-membered cyclic amide) rings is 1. The zero-order chi connectivity index (χ0) is 16.9. The summed E-state index contributed by atoms with van der Waals surface area (Å²) in [5.41, 5.74) is 1.53. The average molecular weight is 360 g/mol. The highest BCUT2D eigenvalue weighted by molar-refractivity contribution is 8.00. The number of alkyl halides is 1. The van der Waals surface area contributed by atoms with Gasteiger partial charge < -0.3 is 4.74 Å². The number of thioether (sulfide) groups is 1. The van der Waals surface area contributed by atoms with Crippen molar-refractivity contribution >= 4 is 35.0 Å². The van der Waals surface area contributed by atoms with Crippen molar-refractivity contribution in [2.45, 2.75) is 34.4 Å². The number of ether oxygens (including phenoxy) is 1. The molecular formula is C19H18ClNO2S. The number of halogens is 1. The number of hydrogen-bond acceptors (Lipinski definition) is 3. The molecule has 1 fully saturated rings. The van der Waals surface area contributed by atoms with Crippen LogP contribution in [-0.4, -0.2) is 23.6 Å². The number of anilines is 1. The molecule has 2 aromatic rings. The van der Waals surface area contributed by atoms with Gasteiger partial charge in [-0.1, -0.05) is 31.2 Å². The van der Waals surface area contributed by atoms with Gasteiger partial charge in [-0.25, -0.2) is 0 Å². The Labute approximate surface area is 150 Å². The van der Waals surface area contributed by atoms with Crippen LogP contribution >= 0.6 is 23.4 Å². The molecule has 3 unspecified atom stereocenters. The molecule has 3 nitrogen and oxygen atoms in total. The van der Waals surface area contributed by atoms with Crippen molar-refractivity contribution in [2.75, 3.05) is 12.0 Å². The second kappa shape index (κ2) is 5.71. The number of carbonyl (C=O) groups excluding carboxylic acids is 1. The Balaban J connectivity index is 1.89. The van der Waals surface area contributed by atoms with Crippen LogP contribution in [0.5, 0.6) is 5.75 Å². The van der Waals surface area contributed by atoms with Gasteiger partial charge in [-0.15, -0.1) is 23.4 Å². The Hall–Kier alpha value is -1.65. The summed E-state index contributed by atoms with van der Waals surface area (Å²) < 4.78 is 5.27. The molecule has 0 aliphatic carbocycles. The third-order valence-corrected chi connectivity index (χ3v) is 6.59. The van der Waals surface area contributed by atoms with Crippen LogP contribution < -0.4 is 9.64 Å². The topological polar surface area (TPSA) is 29.5 Å². The van der Waals surface area contributed by atoms with Gasteiger partial charge in [0, 0.05) is 10.1 Å². The van der Waals surface area contributed by atoms with E-state index in [2.05, 4.69) is 13.0 Å². The van der Waals surface area contributed by atoms with Crippen LogP contribution in [0.3, 0.4) is 0 Å². The number of fused-ring (bicyclic) bond motifs is 3. The van der Waals surface area contributed by atoms with Crippen molar-refractivity contribution in [1.82, 2.24) is 0 Å². The number of rotatable bonds is 2. The Bertz CT molecular complexity index is 794. The van der Waals surface area contributed by atoms with E-state index in [0.29, 0.717) is 5.25 Å². The van der Waals surface area contributed by atoms with E-state index in [4.69, 9.17) is 16.3 Å². The highest BCUT2D eigenvalue weighted by Gasteiger charge is 2.62. The van der Waals surface area contributed by atoms with E-state index in [0.717, 1.165) is 28.3 Å². The minimum atomic E-state index is -0.542. The minimum Gasteiger partial charge on any atom is -0.497 e. The summed E-state index contributed by atoms with van der Waals surface area (Å²) in [6.45, 7) is 2.20. The summed E-state index contributed by atoms with van der Waals surface area (Å²) in [6, 6.07) is 16.0. The van der Waals surface area contributed by atoms with Gasteiger partial charge in [0.25, 0.3) is 0 Å². The summed E-state index contributed by atoms with van der Waals surface area (Å²) in [7, 11) is 1.65. The van der Waals surface area contributed by atoms with Gasteiger partial charge in [-0.05, 0) is 36.2 Å². The van der Waals surface area contributed by atoms with E-state index in [1.807, 2.05) is 59.1 Å². The molecule has 0 N–H and O–H groups in total. The van der Waals surface area contributed by atoms with E-state index in [-0.39, 0.29) is 5.91 Å². The van der Waals surface area contributed by atoms with Crippen molar-refractivity contribution in [3.63, 3.8) is 0 Å². The standard InChI is InChI=1S/C19H18ClNO2S/c1-12-11-19(13-7-9-14(23-2)10-8-13)17(20)18(22)21(19)15-5-3-4-6-16(15)24-12/h3-10,12,17H,11H2,1-2H3. The van der Waals surface area contributed by atoms with Crippen LogP contribution in [0.2, 0.25) is 0 Å². The van der Waals surface area contributed by atoms with E-state index in [1.54, 1.807) is 7.11 Å². The van der Waals surface area contributed by atoms with Crippen LogP contribution in [0.15, 0.2) is 53.4 Å². The van der Waals surface area contributed by atoms with E-state index in [1.165, 1.54) is 0 Å². The molecule has 2 aliphatic heterocycles. The molecule has 124 valence electrons. The highest BCUT2D eigenvalue weighted by atomic mass is 35.5. The lowest BCUT2D eigenvalue weighted by Crippen LogP contribution is -2.71. The first-order valence-corrected chi connectivity index (χ1v) is 9.28. The Morgan fingerprint density at radius 3 is 2.62 bits per heavy atom. The first-order chi connectivity index (χ1) is 11.6. The summed E-state index contributed by atoms with van der Waals surface area (Å²) >= 11 is 8.42. The molecule has 0 aromatic heterocycles. The van der Waals surface area contributed by atoms with E-state index < -0.39 is 10.9 Å². The summed E-state index contributed by atoms with van der Waals surface area (Å²) in [5.74, 6) is 0.782. The lowest BCUT2D eigenvalue weighted by Gasteiger charge is -2.55. The third kappa shape index (κ3) is 2.09. The van der Waals surface area contributed by atoms with Gasteiger partial charge in [0.15, 0.2) is 0 Å². The van der Waals surface area contributed by atoms with E-state index >= 15 is 0 Å². The molecule has 0 bridgehead atoms. The quantitative estimate of drug-likeness (QED) is 0.587. The molecule has 1 saturated heterocycles. The van der Waals surface area contributed by atoms with Gasteiger partial charge in [0.1, 0.15) is 11.1 Å². The fraction of sp³-hybridized carbons (Fsp3) is 0.316. The molecule has 3 atom stereocenters.